The van der Waals surface area contributed by atoms with Gasteiger partial charge in [-0.3, -0.25) is 0 Å². The fourth-order valence-electron chi connectivity index (χ4n) is 3.98. The first kappa shape index (κ1) is 15.7. The molecule has 1 N–H and O–H groups in total. The maximum Gasteiger partial charge on any atom is 0.0661 e. The Morgan fingerprint density at radius 1 is 1.26 bits per heavy atom. The third kappa shape index (κ3) is 3.48. The second kappa shape index (κ2) is 7.33. The molecule has 2 aliphatic carbocycles. The Morgan fingerprint density at radius 2 is 2.00 bits per heavy atom. The Labute approximate surface area is 123 Å². The molecule has 19 heavy (non-hydrogen) atoms. The van der Waals surface area contributed by atoms with Crippen molar-refractivity contribution in [3.8, 4) is 0 Å². The van der Waals surface area contributed by atoms with Gasteiger partial charge in [-0.05, 0) is 38.9 Å². The highest BCUT2D eigenvalue weighted by molar-refractivity contribution is 7.99. The van der Waals surface area contributed by atoms with Crippen molar-refractivity contribution in [1.29, 1.82) is 0 Å². The van der Waals surface area contributed by atoms with Crippen molar-refractivity contribution in [3.05, 3.63) is 0 Å². The minimum absolute atomic E-state index is 0.472. The summed E-state index contributed by atoms with van der Waals surface area (Å²) in [5.74, 6) is 2.46. The molecule has 3 heteroatoms. The molecule has 0 aromatic heterocycles. The number of ether oxygens (including phenoxy) is 1. The van der Waals surface area contributed by atoms with E-state index in [2.05, 4.69) is 26.1 Å². The Bertz CT molecular complexity index is 265. The van der Waals surface area contributed by atoms with Gasteiger partial charge in [0.05, 0.1) is 6.10 Å². The zero-order valence-corrected chi connectivity index (χ0v) is 13.7. The number of hydrogen-bond acceptors (Lipinski definition) is 3. The number of rotatable bonds is 7. The largest absolute Gasteiger partial charge is 0.378 e. The van der Waals surface area contributed by atoms with Gasteiger partial charge in [-0.2, -0.15) is 11.8 Å². The average Bonchev–Trinajstić information content (AvgIpc) is 2.45. The molecule has 112 valence electrons. The molecule has 3 atom stereocenters. The van der Waals surface area contributed by atoms with Crippen LogP contribution in [0, 0.1) is 5.41 Å². The quantitative estimate of drug-likeness (QED) is 0.768. The van der Waals surface area contributed by atoms with Crippen molar-refractivity contribution in [2.24, 2.45) is 5.41 Å². The molecule has 2 nitrogen and oxygen atoms in total. The summed E-state index contributed by atoms with van der Waals surface area (Å²) in [6.45, 7) is 7.60. The zero-order chi connectivity index (χ0) is 13.7. The highest BCUT2D eigenvalue weighted by atomic mass is 32.2. The molecular weight excluding hydrogens is 254 g/mol. The minimum atomic E-state index is 0.472. The van der Waals surface area contributed by atoms with E-state index in [9.17, 15) is 0 Å². The molecule has 2 saturated carbocycles. The highest BCUT2D eigenvalue weighted by Crippen LogP contribution is 2.53. The third-order valence-corrected chi connectivity index (χ3v) is 6.14. The number of thioether (sulfide) groups is 1. The van der Waals surface area contributed by atoms with Gasteiger partial charge in [0.25, 0.3) is 0 Å². The van der Waals surface area contributed by atoms with E-state index >= 15 is 0 Å². The predicted octanol–water partition coefficient (Wildman–Crippen LogP) is 3.85. The molecule has 0 aromatic rings. The fraction of sp³-hybridized carbons (Fsp3) is 1.00. The monoisotopic (exact) mass is 285 g/mol. The lowest BCUT2D eigenvalue weighted by Gasteiger charge is -2.58. The molecular formula is C16H31NOS. The molecule has 2 fully saturated rings. The van der Waals surface area contributed by atoms with Gasteiger partial charge < -0.3 is 10.1 Å². The molecule has 1 spiro atoms. The van der Waals surface area contributed by atoms with E-state index < -0.39 is 0 Å². The van der Waals surface area contributed by atoms with Crippen LogP contribution in [-0.4, -0.2) is 36.3 Å². The van der Waals surface area contributed by atoms with Crippen LogP contribution < -0.4 is 5.32 Å². The Hall–Kier alpha value is 0.270. The molecule has 0 aliphatic heterocycles. The van der Waals surface area contributed by atoms with Gasteiger partial charge in [0.15, 0.2) is 0 Å². The van der Waals surface area contributed by atoms with Crippen molar-refractivity contribution in [2.75, 3.05) is 18.1 Å². The molecule has 0 bridgehead atoms. The molecule has 3 unspecified atom stereocenters. The first-order valence-corrected chi connectivity index (χ1v) is 9.33. The summed E-state index contributed by atoms with van der Waals surface area (Å²) in [7, 11) is 0. The van der Waals surface area contributed by atoms with Crippen LogP contribution in [-0.2, 0) is 4.74 Å². The van der Waals surface area contributed by atoms with E-state index in [0.717, 1.165) is 6.61 Å². The van der Waals surface area contributed by atoms with Gasteiger partial charge in [0.1, 0.15) is 0 Å². The number of hydrogen-bond donors (Lipinski definition) is 1. The molecule has 2 rings (SSSR count). The lowest BCUT2D eigenvalue weighted by Crippen LogP contribution is -2.66. The van der Waals surface area contributed by atoms with Gasteiger partial charge >= 0.3 is 0 Å². The Kier molecular flexibility index (Phi) is 6.04. The molecule has 0 amide bonds. The Balaban J connectivity index is 1.89. The van der Waals surface area contributed by atoms with E-state index in [-0.39, 0.29) is 0 Å². The average molecular weight is 285 g/mol. The maximum atomic E-state index is 6.02. The van der Waals surface area contributed by atoms with Crippen LogP contribution in [0.15, 0.2) is 0 Å². The van der Waals surface area contributed by atoms with Crippen molar-refractivity contribution in [1.82, 2.24) is 5.32 Å². The van der Waals surface area contributed by atoms with Crippen LogP contribution in [0.4, 0.5) is 0 Å². The standard InChI is InChI=1S/C16H31NOS/c1-4-18-15-11-14(17-13(3)12-19-5-2)16(15)9-7-6-8-10-16/h13-15,17H,4-12H2,1-3H3. The SMILES string of the molecule is CCOC1CC(NC(C)CSCC)C12CCCCC2. The molecule has 0 heterocycles. The van der Waals surface area contributed by atoms with E-state index in [4.69, 9.17) is 4.74 Å². The second-order valence-electron chi connectivity index (χ2n) is 6.25. The summed E-state index contributed by atoms with van der Waals surface area (Å²) in [6.07, 6.45) is 8.75. The van der Waals surface area contributed by atoms with Crippen molar-refractivity contribution in [3.63, 3.8) is 0 Å². The first-order valence-electron chi connectivity index (χ1n) is 8.18. The van der Waals surface area contributed by atoms with Crippen molar-refractivity contribution in [2.45, 2.75) is 77.5 Å². The lowest BCUT2D eigenvalue weighted by molar-refractivity contribution is -0.151. The van der Waals surface area contributed by atoms with Gasteiger partial charge in [0.2, 0.25) is 0 Å². The molecule has 0 radical (unpaired) electrons. The van der Waals surface area contributed by atoms with E-state index in [1.165, 1.54) is 50.0 Å². The Morgan fingerprint density at radius 3 is 2.63 bits per heavy atom. The van der Waals surface area contributed by atoms with E-state index in [1.807, 2.05) is 11.8 Å². The fourth-order valence-corrected chi connectivity index (χ4v) is 4.67. The van der Waals surface area contributed by atoms with E-state index in [1.54, 1.807) is 0 Å². The lowest BCUT2D eigenvalue weighted by atomic mass is 9.55. The summed E-state index contributed by atoms with van der Waals surface area (Å²) < 4.78 is 6.02. The van der Waals surface area contributed by atoms with Crippen LogP contribution in [0.1, 0.15) is 59.3 Å². The van der Waals surface area contributed by atoms with Crippen molar-refractivity contribution < 1.29 is 4.74 Å². The molecule has 2 aliphatic rings. The second-order valence-corrected chi connectivity index (χ2v) is 7.57. The topological polar surface area (TPSA) is 21.3 Å². The van der Waals surface area contributed by atoms with Crippen molar-refractivity contribution >= 4 is 11.8 Å². The van der Waals surface area contributed by atoms with Crippen LogP contribution in [0.2, 0.25) is 0 Å². The summed E-state index contributed by atoms with van der Waals surface area (Å²) in [5, 5.41) is 3.90. The van der Waals surface area contributed by atoms with E-state index in [0.29, 0.717) is 23.6 Å². The summed E-state index contributed by atoms with van der Waals surface area (Å²) in [5.41, 5.74) is 0.472. The maximum absolute atomic E-state index is 6.02. The summed E-state index contributed by atoms with van der Waals surface area (Å²) in [6, 6.07) is 1.34. The first-order chi connectivity index (χ1) is 9.23. The smallest absolute Gasteiger partial charge is 0.0661 e. The van der Waals surface area contributed by atoms with Gasteiger partial charge in [-0.1, -0.05) is 26.2 Å². The van der Waals surface area contributed by atoms with Crippen LogP contribution in [0.5, 0.6) is 0 Å². The molecule has 0 aromatic carbocycles. The van der Waals surface area contributed by atoms with Crippen LogP contribution in [0.25, 0.3) is 0 Å². The highest BCUT2D eigenvalue weighted by Gasteiger charge is 2.55. The minimum Gasteiger partial charge on any atom is -0.378 e. The summed E-state index contributed by atoms with van der Waals surface area (Å²) in [4.78, 5) is 0. The van der Waals surface area contributed by atoms with Crippen LogP contribution in [0.3, 0.4) is 0 Å². The predicted molar refractivity (Wildman–Crippen MR) is 84.9 cm³/mol. The van der Waals surface area contributed by atoms with Gasteiger partial charge in [0, 0.05) is 29.9 Å². The summed E-state index contributed by atoms with van der Waals surface area (Å²) >= 11 is 2.05. The third-order valence-electron chi connectivity index (χ3n) is 4.99. The van der Waals surface area contributed by atoms with Gasteiger partial charge in [-0.15, -0.1) is 0 Å². The number of nitrogens with one attached hydrogen (secondary N) is 1. The zero-order valence-electron chi connectivity index (χ0n) is 12.9. The normalized spacial score (nSPS) is 31.1. The van der Waals surface area contributed by atoms with Gasteiger partial charge in [-0.25, -0.2) is 0 Å². The molecule has 0 saturated heterocycles. The van der Waals surface area contributed by atoms with Crippen LogP contribution >= 0.6 is 11.8 Å².